The first-order valence-corrected chi connectivity index (χ1v) is 22.7. The molecule has 0 fully saturated rings. The lowest BCUT2D eigenvalue weighted by molar-refractivity contribution is 0.993. The Morgan fingerprint density at radius 3 is 1.22 bits per heavy atom. The Morgan fingerprint density at radius 2 is 0.750 bits per heavy atom. The zero-order chi connectivity index (χ0) is 40.4. The second-order valence-electron chi connectivity index (χ2n) is 16.1. The molecule has 0 saturated carbocycles. The molecule has 0 amide bonds. The van der Waals surface area contributed by atoms with Gasteiger partial charge < -0.3 is 0 Å². The van der Waals surface area contributed by atoms with Crippen molar-refractivity contribution in [3.63, 3.8) is 0 Å². The van der Waals surface area contributed by atoms with E-state index in [9.17, 15) is 0 Å². The predicted molar refractivity (Wildman–Crippen MR) is 254 cm³/mol. The van der Waals surface area contributed by atoms with Crippen molar-refractivity contribution in [1.29, 1.82) is 0 Å². The summed E-state index contributed by atoms with van der Waals surface area (Å²) < 4.78 is 4.65. The maximum Gasteiger partial charge on any atom is 0.179 e. The Hall–Kier alpha value is -7.34. The number of nitrogens with zero attached hydrogens (tertiary/aromatic N) is 4. The summed E-state index contributed by atoms with van der Waals surface area (Å²) in [5.41, 5.74) is 9.06. The fraction of sp³-hybridized carbons (Fsp3) is 0.0545. The lowest BCUT2D eigenvalue weighted by Gasteiger charge is -2.35. The summed E-state index contributed by atoms with van der Waals surface area (Å²) in [7, 11) is -2.85. The van der Waals surface area contributed by atoms with Crippen molar-refractivity contribution in [2.24, 2.45) is 0 Å². The van der Waals surface area contributed by atoms with Gasteiger partial charge in [-0.05, 0) is 84.0 Å². The van der Waals surface area contributed by atoms with Gasteiger partial charge in [-0.25, -0.2) is 9.97 Å². The average molecular weight is 787 g/mol. The third-order valence-electron chi connectivity index (χ3n) is 12.2. The predicted octanol–water partition coefficient (Wildman–Crippen LogP) is 10.6. The number of benzene rings is 8. The minimum Gasteiger partial charge on any atom is -0.294 e. The van der Waals surface area contributed by atoms with E-state index in [1.807, 2.05) is 0 Å². The van der Waals surface area contributed by atoms with E-state index < -0.39 is 8.07 Å². The fourth-order valence-corrected chi connectivity index (χ4v) is 14.5. The molecule has 3 aromatic heterocycles. The van der Waals surface area contributed by atoms with Crippen molar-refractivity contribution >= 4 is 72.4 Å². The van der Waals surface area contributed by atoms with Gasteiger partial charge in [0, 0.05) is 33.2 Å². The van der Waals surface area contributed by atoms with Gasteiger partial charge >= 0.3 is 0 Å². The molecule has 11 aromatic rings. The van der Waals surface area contributed by atoms with Gasteiger partial charge in [0.05, 0.1) is 22.1 Å². The molecular weight excluding hydrogens is 745 g/mol. The summed E-state index contributed by atoms with van der Waals surface area (Å²) in [6, 6.07) is 73.4. The van der Waals surface area contributed by atoms with E-state index >= 15 is 0 Å². The Balaban J connectivity index is 1.24. The summed E-state index contributed by atoms with van der Waals surface area (Å²) in [6.07, 6.45) is 0. The van der Waals surface area contributed by atoms with E-state index in [1.54, 1.807) is 0 Å². The first-order chi connectivity index (χ1) is 29.5. The maximum atomic E-state index is 5.59. The Labute approximate surface area is 350 Å². The Kier molecular flexibility index (Phi) is 8.46. The smallest absolute Gasteiger partial charge is 0.179 e. The van der Waals surface area contributed by atoms with Gasteiger partial charge in [0.2, 0.25) is 0 Å². The molecule has 3 heterocycles. The summed E-state index contributed by atoms with van der Waals surface area (Å²) >= 11 is 0. The van der Waals surface area contributed by atoms with E-state index in [2.05, 4.69) is 230 Å². The number of hydrogen-bond donors (Lipinski definition) is 0. The highest BCUT2D eigenvalue weighted by atomic mass is 28.3. The van der Waals surface area contributed by atoms with Crippen molar-refractivity contribution in [3.8, 4) is 23.0 Å². The van der Waals surface area contributed by atoms with Crippen molar-refractivity contribution < 1.29 is 0 Å². The van der Waals surface area contributed by atoms with Crippen LogP contribution >= 0.6 is 0 Å². The van der Waals surface area contributed by atoms with E-state index in [-0.39, 0.29) is 0 Å². The fourth-order valence-electron chi connectivity index (χ4n) is 9.64. The molecular formula is C55H42N4Si. The second-order valence-corrected chi connectivity index (χ2v) is 19.9. The molecule has 0 spiro atoms. The van der Waals surface area contributed by atoms with Crippen molar-refractivity contribution in [2.45, 2.75) is 20.8 Å². The lowest BCUT2D eigenvalue weighted by atomic mass is 10.1. The monoisotopic (exact) mass is 786 g/mol. The number of fused-ring (bicyclic) bond motifs is 6. The highest BCUT2D eigenvalue weighted by Gasteiger charge is 2.41. The van der Waals surface area contributed by atoms with Crippen molar-refractivity contribution in [2.75, 3.05) is 0 Å². The number of aryl methyl sites for hydroxylation is 3. The van der Waals surface area contributed by atoms with Gasteiger partial charge in [-0.3, -0.25) is 9.13 Å². The topological polar surface area (TPSA) is 35.6 Å². The van der Waals surface area contributed by atoms with Crippen LogP contribution < -0.4 is 20.7 Å². The molecule has 60 heavy (non-hydrogen) atoms. The van der Waals surface area contributed by atoms with Crippen LogP contribution in [-0.4, -0.2) is 27.2 Å². The second kappa shape index (κ2) is 14.2. The SMILES string of the molecule is Cc1cc(-c2nc(-n3c4ccccc4c4cc(C)ccc43)cc(-n3c4ccccc4c4cc(C)ccc43)n2)cc([Si](c2ccccc2)(c2ccccc2)c2ccccc2)c1. The minimum absolute atomic E-state index is 0.681. The number of aromatic nitrogens is 4. The minimum atomic E-state index is -2.85. The standard InChI is InChI=1S/C55H42N4Si/c1-37-27-29-51-47(33-37)45-23-13-15-25-49(45)58(51)53-36-54(59-50-26-16-14-24-46(50)48-34-38(2)28-30-52(48)59)57-55(56-53)40-31-39(3)32-44(35-40)60(41-17-7-4-8-18-41,42-19-9-5-10-20-42)43-21-11-6-12-22-43/h4-36H,1-3H3. The molecule has 8 aromatic carbocycles. The third-order valence-corrected chi connectivity index (χ3v) is 17.0. The average Bonchev–Trinajstić information content (AvgIpc) is 3.79. The van der Waals surface area contributed by atoms with E-state index in [4.69, 9.17) is 9.97 Å². The van der Waals surface area contributed by atoms with E-state index in [0.717, 1.165) is 44.8 Å². The van der Waals surface area contributed by atoms with Gasteiger partial charge in [0.1, 0.15) is 11.6 Å². The maximum absolute atomic E-state index is 5.59. The molecule has 0 bridgehead atoms. The van der Waals surface area contributed by atoms with Crippen LogP contribution in [0, 0.1) is 20.8 Å². The summed E-state index contributed by atoms with van der Waals surface area (Å²) in [5, 5.41) is 10.1. The summed E-state index contributed by atoms with van der Waals surface area (Å²) in [4.78, 5) is 11.2. The van der Waals surface area contributed by atoms with Crippen LogP contribution in [0.25, 0.3) is 66.6 Å². The highest BCUT2D eigenvalue weighted by molar-refractivity contribution is 7.19. The lowest BCUT2D eigenvalue weighted by Crippen LogP contribution is -2.74. The molecule has 4 nitrogen and oxygen atoms in total. The van der Waals surface area contributed by atoms with E-state index in [1.165, 1.54) is 53.4 Å². The van der Waals surface area contributed by atoms with Crippen LogP contribution in [-0.2, 0) is 0 Å². The summed E-state index contributed by atoms with van der Waals surface area (Å²) in [5.74, 6) is 2.33. The van der Waals surface area contributed by atoms with Crippen molar-refractivity contribution in [3.05, 3.63) is 217 Å². The quantitative estimate of drug-likeness (QED) is 0.119. The highest BCUT2D eigenvalue weighted by Crippen LogP contribution is 2.36. The molecule has 0 radical (unpaired) electrons. The van der Waals surface area contributed by atoms with Gasteiger partial charge in [0.25, 0.3) is 0 Å². The molecule has 0 aliphatic heterocycles. The molecule has 0 aliphatic rings. The van der Waals surface area contributed by atoms with Gasteiger partial charge in [-0.2, -0.15) is 0 Å². The Morgan fingerprint density at radius 1 is 0.333 bits per heavy atom. The van der Waals surface area contributed by atoms with Crippen LogP contribution in [0.15, 0.2) is 200 Å². The normalized spacial score (nSPS) is 11.9. The van der Waals surface area contributed by atoms with Gasteiger partial charge in [-0.15, -0.1) is 0 Å². The van der Waals surface area contributed by atoms with E-state index in [0.29, 0.717) is 5.82 Å². The molecule has 0 unspecified atom stereocenters. The molecule has 0 saturated heterocycles. The first kappa shape index (κ1) is 35.8. The molecule has 5 heteroatoms. The summed E-state index contributed by atoms with van der Waals surface area (Å²) in [6.45, 7) is 6.54. The first-order valence-electron chi connectivity index (χ1n) is 20.7. The largest absolute Gasteiger partial charge is 0.294 e. The van der Waals surface area contributed by atoms with Crippen LogP contribution in [0.2, 0.25) is 0 Å². The zero-order valence-corrected chi connectivity index (χ0v) is 34.8. The third kappa shape index (κ3) is 5.65. The van der Waals surface area contributed by atoms with Gasteiger partial charge in [-0.1, -0.05) is 168 Å². The van der Waals surface area contributed by atoms with Crippen molar-refractivity contribution in [1.82, 2.24) is 19.1 Å². The molecule has 0 aliphatic carbocycles. The van der Waals surface area contributed by atoms with Crippen LogP contribution in [0.4, 0.5) is 0 Å². The number of para-hydroxylation sites is 2. The van der Waals surface area contributed by atoms with Crippen LogP contribution in [0.5, 0.6) is 0 Å². The van der Waals surface area contributed by atoms with Gasteiger partial charge in [0.15, 0.2) is 13.9 Å². The Bertz CT molecular complexity index is 3170. The zero-order valence-electron chi connectivity index (χ0n) is 33.8. The van der Waals surface area contributed by atoms with Crippen LogP contribution in [0.3, 0.4) is 0 Å². The molecule has 286 valence electrons. The number of rotatable bonds is 7. The number of hydrogen-bond acceptors (Lipinski definition) is 2. The molecule has 0 atom stereocenters. The molecule has 0 N–H and O–H groups in total. The molecule has 11 rings (SSSR count). The van der Waals surface area contributed by atoms with Crippen LogP contribution in [0.1, 0.15) is 16.7 Å².